The van der Waals surface area contributed by atoms with E-state index in [4.69, 9.17) is 4.74 Å². The Balaban J connectivity index is 1.39. The minimum Gasteiger partial charge on any atom is -0.497 e. The molecule has 5 rings (SSSR count). The van der Waals surface area contributed by atoms with Crippen LogP contribution in [0.15, 0.2) is 78.9 Å². The molecule has 0 N–H and O–H groups in total. The number of methoxy groups -OCH3 is 1. The molecular weight excluding hydrogens is 443 g/mol. The van der Waals surface area contributed by atoms with Gasteiger partial charge in [-0.25, -0.2) is 9.07 Å². The van der Waals surface area contributed by atoms with Crippen molar-refractivity contribution in [1.82, 2.24) is 25.1 Å². The first-order chi connectivity index (χ1) is 17.2. The number of aryl methyl sites for hydroxylation is 2. The van der Waals surface area contributed by atoms with Gasteiger partial charge in [-0.3, -0.25) is 4.90 Å². The Labute approximate surface area is 204 Å². The van der Waals surface area contributed by atoms with Crippen molar-refractivity contribution in [3.8, 4) is 5.75 Å². The molecular formula is C27H29FN6O. The van der Waals surface area contributed by atoms with Crippen molar-refractivity contribution < 1.29 is 9.13 Å². The maximum absolute atomic E-state index is 14.4. The highest BCUT2D eigenvalue weighted by Crippen LogP contribution is 2.31. The Hall–Kier alpha value is -3.78. The van der Waals surface area contributed by atoms with Gasteiger partial charge in [-0.2, -0.15) is 0 Å². The molecule has 8 heteroatoms. The van der Waals surface area contributed by atoms with Crippen molar-refractivity contribution in [2.45, 2.75) is 19.0 Å². The number of ether oxygens (including phenoxy) is 1. The Kier molecular flexibility index (Phi) is 6.99. The van der Waals surface area contributed by atoms with Gasteiger partial charge in [0.05, 0.1) is 18.8 Å². The van der Waals surface area contributed by atoms with Gasteiger partial charge in [0.1, 0.15) is 11.6 Å². The number of tetrazole rings is 1. The van der Waals surface area contributed by atoms with Gasteiger partial charge in [0.2, 0.25) is 0 Å². The zero-order valence-corrected chi connectivity index (χ0v) is 19.8. The van der Waals surface area contributed by atoms with Gasteiger partial charge in [-0.1, -0.05) is 54.6 Å². The average molecular weight is 473 g/mol. The molecule has 1 saturated heterocycles. The summed E-state index contributed by atoms with van der Waals surface area (Å²) in [6.07, 6.45) is 0.843. The van der Waals surface area contributed by atoms with E-state index in [1.165, 1.54) is 11.6 Å². The first-order valence-corrected chi connectivity index (χ1v) is 11.9. The molecule has 0 aliphatic carbocycles. The first kappa shape index (κ1) is 23.0. The van der Waals surface area contributed by atoms with Crippen molar-refractivity contribution in [2.75, 3.05) is 38.2 Å². The molecule has 1 atom stereocenters. The molecule has 1 aliphatic heterocycles. The summed E-state index contributed by atoms with van der Waals surface area (Å²) in [7, 11) is 1.67. The monoisotopic (exact) mass is 472 g/mol. The van der Waals surface area contributed by atoms with Crippen LogP contribution in [0.2, 0.25) is 0 Å². The van der Waals surface area contributed by atoms with Crippen molar-refractivity contribution >= 4 is 5.69 Å². The number of aromatic nitrogens is 4. The molecule has 0 radical (unpaired) electrons. The molecule has 0 unspecified atom stereocenters. The van der Waals surface area contributed by atoms with Gasteiger partial charge in [0.15, 0.2) is 5.82 Å². The molecule has 2 heterocycles. The maximum Gasteiger partial charge on any atom is 0.173 e. The smallest absolute Gasteiger partial charge is 0.173 e. The van der Waals surface area contributed by atoms with Crippen molar-refractivity contribution in [3.63, 3.8) is 0 Å². The highest BCUT2D eigenvalue weighted by molar-refractivity contribution is 5.48. The summed E-state index contributed by atoms with van der Waals surface area (Å²) in [6, 6.07) is 25.3. The summed E-state index contributed by atoms with van der Waals surface area (Å²) in [4.78, 5) is 4.49. The van der Waals surface area contributed by atoms with Gasteiger partial charge in [0, 0.05) is 32.7 Å². The second-order valence-corrected chi connectivity index (χ2v) is 8.65. The number of hydrogen-bond acceptors (Lipinski definition) is 6. The second-order valence-electron chi connectivity index (χ2n) is 8.65. The molecule has 0 spiro atoms. The maximum atomic E-state index is 14.4. The van der Waals surface area contributed by atoms with Crippen LogP contribution in [-0.4, -0.2) is 58.4 Å². The Morgan fingerprint density at radius 1 is 0.886 bits per heavy atom. The molecule has 1 aliphatic rings. The van der Waals surface area contributed by atoms with E-state index < -0.39 is 0 Å². The zero-order chi connectivity index (χ0) is 24.0. The summed E-state index contributed by atoms with van der Waals surface area (Å²) < 4.78 is 21.6. The van der Waals surface area contributed by atoms with Gasteiger partial charge < -0.3 is 9.64 Å². The molecule has 3 aromatic carbocycles. The minimum atomic E-state index is -0.183. The fraction of sp³-hybridized carbons (Fsp3) is 0.296. The molecule has 0 amide bonds. The summed E-state index contributed by atoms with van der Waals surface area (Å²) in [6.45, 7) is 3.65. The molecule has 4 aromatic rings. The summed E-state index contributed by atoms with van der Waals surface area (Å²) in [5, 5.41) is 12.8. The molecule has 1 fully saturated rings. The SMILES string of the molecule is COc1ccc([C@@H](c2nnnn2CCc2ccccc2)N2CCN(c3ccccc3F)CC2)cc1. The Bertz CT molecular complexity index is 1220. The molecule has 1 aromatic heterocycles. The third-order valence-corrected chi connectivity index (χ3v) is 6.56. The van der Waals surface area contributed by atoms with E-state index in [0.717, 1.165) is 49.7 Å². The second kappa shape index (κ2) is 10.7. The fourth-order valence-electron chi connectivity index (χ4n) is 4.68. The topological polar surface area (TPSA) is 59.3 Å². The Morgan fingerprint density at radius 3 is 2.31 bits per heavy atom. The normalized spacial score (nSPS) is 15.2. The molecule has 0 bridgehead atoms. The number of para-hydroxylation sites is 1. The predicted molar refractivity (Wildman–Crippen MR) is 133 cm³/mol. The summed E-state index contributed by atoms with van der Waals surface area (Å²) >= 11 is 0. The lowest BCUT2D eigenvalue weighted by Crippen LogP contribution is -2.48. The number of rotatable bonds is 8. The standard InChI is InChI=1S/C27H29FN6O/c1-35-23-13-11-22(12-14-23)26(27-29-30-31-34(27)16-15-21-7-3-2-4-8-21)33-19-17-32(18-20-33)25-10-6-5-9-24(25)28/h2-14,26H,15-20H2,1H3/t26-/m0/s1. The van der Waals surface area contributed by atoms with E-state index in [1.807, 2.05) is 47.1 Å². The highest BCUT2D eigenvalue weighted by atomic mass is 19.1. The van der Waals surface area contributed by atoms with Gasteiger partial charge >= 0.3 is 0 Å². The van der Waals surface area contributed by atoms with Crippen LogP contribution in [0.1, 0.15) is 23.0 Å². The van der Waals surface area contributed by atoms with E-state index in [9.17, 15) is 4.39 Å². The van der Waals surface area contributed by atoms with Gasteiger partial charge in [0.25, 0.3) is 0 Å². The lowest BCUT2D eigenvalue weighted by atomic mass is 10.0. The van der Waals surface area contributed by atoms with Gasteiger partial charge in [-0.15, -0.1) is 5.10 Å². The van der Waals surface area contributed by atoms with Crippen LogP contribution < -0.4 is 9.64 Å². The van der Waals surface area contributed by atoms with E-state index in [0.29, 0.717) is 12.2 Å². The van der Waals surface area contributed by atoms with Crippen molar-refractivity contribution in [2.24, 2.45) is 0 Å². The van der Waals surface area contributed by atoms with Crippen LogP contribution >= 0.6 is 0 Å². The van der Waals surface area contributed by atoms with Crippen LogP contribution in [0.4, 0.5) is 10.1 Å². The molecule has 180 valence electrons. The van der Waals surface area contributed by atoms with E-state index in [2.05, 4.69) is 49.6 Å². The quantitative estimate of drug-likeness (QED) is 0.387. The number of anilines is 1. The average Bonchev–Trinajstić information content (AvgIpc) is 3.37. The van der Waals surface area contributed by atoms with Crippen LogP contribution in [0.3, 0.4) is 0 Å². The van der Waals surface area contributed by atoms with Crippen LogP contribution in [-0.2, 0) is 13.0 Å². The number of nitrogens with zero attached hydrogens (tertiary/aromatic N) is 6. The zero-order valence-electron chi connectivity index (χ0n) is 19.8. The van der Waals surface area contributed by atoms with Crippen molar-refractivity contribution in [1.29, 1.82) is 0 Å². The molecule has 35 heavy (non-hydrogen) atoms. The van der Waals surface area contributed by atoms with E-state index in [1.54, 1.807) is 13.2 Å². The van der Waals surface area contributed by atoms with E-state index >= 15 is 0 Å². The third kappa shape index (κ3) is 5.17. The lowest BCUT2D eigenvalue weighted by Gasteiger charge is -2.40. The van der Waals surface area contributed by atoms with Crippen LogP contribution in [0.25, 0.3) is 0 Å². The third-order valence-electron chi connectivity index (χ3n) is 6.56. The first-order valence-electron chi connectivity index (χ1n) is 11.9. The largest absolute Gasteiger partial charge is 0.497 e. The number of benzene rings is 3. The molecule has 7 nitrogen and oxygen atoms in total. The van der Waals surface area contributed by atoms with E-state index in [-0.39, 0.29) is 11.9 Å². The molecule has 0 saturated carbocycles. The highest BCUT2D eigenvalue weighted by Gasteiger charge is 2.31. The van der Waals surface area contributed by atoms with Gasteiger partial charge in [-0.05, 0) is 52.2 Å². The minimum absolute atomic E-state index is 0.116. The summed E-state index contributed by atoms with van der Waals surface area (Å²) in [5.74, 6) is 1.43. The Morgan fingerprint density at radius 2 is 1.60 bits per heavy atom. The van der Waals surface area contributed by atoms with Crippen LogP contribution in [0, 0.1) is 5.82 Å². The number of piperazine rings is 1. The summed E-state index contributed by atoms with van der Waals surface area (Å²) in [5.41, 5.74) is 3.00. The van der Waals surface area contributed by atoms with Crippen molar-refractivity contribution in [3.05, 3.63) is 102 Å². The van der Waals surface area contributed by atoms with Crippen LogP contribution in [0.5, 0.6) is 5.75 Å². The fourth-order valence-corrected chi connectivity index (χ4v) is 4.68. The predicted octanol–water partition coefficient (Wildman–Crippen LogP) is 3.98. The number of hydrogen-bond donors (Lipinski definition) is 0. The number of halogens is 1. The lowest BCUT2D eigenvalue weighted by molar-refractivity contribution is 0.200.